The molecule has 0 aliphatic heterocycles. The average molecular weight is 237 g/mol. The van der Waals surface area contributed by atoms with E-state index in [1.165, 1.54) is 5.56 Å². The number of ether oxygens (including phenoxy) is 1. The maximum absolute atomic E-state index is 9.26. The molecule has 0 fully saturated rings. The number of nitrogens with one attached hydrogen (secondary N) is 1. The van der Waals surface area contributed by atoms with Crippen molar-refractivity contribution in [3.05, 3.63) is 29.3 Å². The first-order valence-corrected chi connectivity index (χ1v) is 6.06. The second-order valence-corrected chi connectivity index (χ2v) is 4.73. The zero-order chi connectivity index (χ0) is 12.8. The van der Waals surface area contributed by atoms with Gasteiger partial charge < -0.3 is 15.2 Å². The molecule has 3 heteroatoms. The monoisotopic (exact) mass is 237 g/mol. The maximum Gasteiger partial charge on any atom is 0.123 e. The Morgan fingerprint density at radius 1 is 1.35 bits per heavy atom. The minimum atomic E-state index is 0.125. The number of hydrogen-bond acceptors (Lipinski definition) is 3. The molecule has 0 radical (unpaired) electrons. The van der Waals surface area contributed by atoms with Crippen LogP contribution in [0.3, 0.4) is 0 Å². The van der Waals surface area contributed by atoms with E-state index in [1.54, 1.807) is 7.11 Å². The molecule has 0 aliphatic rings. The van der Waals surface area contributed by atoms with Gasteiger partial charge in [0.2, 0.25) is 0 Å². The zero-order valence-corrected chi connectivity index (χ0v) is 11.2. The molecule has 1 aromatic rings. The number of benzene rings is 1. The molecule has 0 spiro atoms. The van der Waals surface area contributed by atoms with Crippen LogP contribution in [0.1, 0.15) is 25.0 Å². The molecule has 0 aliphatic carbocycles. The molecule has 0 heterocycles. The fraction of sp³-hybridized carbons (Fsp3) is 0.571. The van der Waals surface area contributed by atoms with Gasteiger partial charge in [0.1, 0.15) is 5.75 Å². The Bertz CT molecular complexity index is 350. The molecule has 0 bridgehead atoms. The number of aryl methyl sites for hydroxylation is 1. The van der Waals surface area contributed by atoms with E-state index >= 15 is 0 Å². The summed E-state index contributed by atoms with van der Waals surface area (Å²) in [4.78, 5) is 0. The first kappa shape index (κ1) is 14.0. The lowest BCUT2D eigenvalue weighted by atomic mass is 10.0. The normalized spacial score (nSPS) is 12.8. The van der Waals surface area contributed by atoms with E-state index in [-0.39, 0.29) is 12.6 Å². The second kappa shape index (κ2) is 6.62. The van der Waals surface area contributed by atoms with Crippen molar-refractivity contribution in [2.45, 2.75) is 33.4 Å². The Kier molecular flexibility index (Phi) is 5.45. The quantitative estimate of drug-likeness (QED) is 0.796. The van der Waals surface area contributed by atoms with E-state index in [1.807, 2.05) is 12.1 Å². The molecule has 1 atom stereocenters. The molecule has 2 N–H and O–H groups in total. The third-order valence-electron chi connectivity index (χ3n) is 2.99. The molecule has 0 saturated carbocycles. The van der Waals surface area contributed by atoms with Crippen molar-refractivity contribution in [2.24, 2.45) is 5.92 Å². The molecule has 17 heavy (non-hydrogen) atoms. The smallest absolute Gasteiger partial charge is 0.123 e. The van der Waals surface area contributed by atoms with Gasteiger partial charge in [0.15, 0.2) is 0 Å². The summed E-state index contributed by atoms with van der Waals surface area (Å²) < 4.78 is 5.32. The Morgan fingerprint density at radius 3 is 2.59 bits per heavy atom. The van der Waals surface area contributed by atoms with Gasteiger partial charge in [-0.05, 0) is 18.9 Å². The average Bonchev–Trinajstić information content (AvgIpc) is 2.29. The maximum atomic E-state index is 9.26. The highest BCUT2D eigenvalue weighted by Gasteiger charge is 2.12. The molecule has 0 saturated heterocycles. The van der Waals surface area contributed by atoms with Gasteiger partial charge in [0.05, 0.1) is 13.7 Å². The zero-order valence-electron chi connectivity index (χ0n) is 11.2. The van der Waals surface area contributed by atoms with Crippen LogP contribution in [-0.4, -0.2) is 24.9 Å². The number of methoxy groups -OCH3 is 1. The predicted molar refractivity (Wildman–Crippen MR) is 70.3 cm³/mol. The van der Waals surface area contributed by atoms with Crippen molar-refractivity contribution in [2.75, 3.05) is 13.7 Å². The van der Waals surface area contributed by atoms with Crippen molar-refractivity contribution >= 4 is 0 Å². The number of aliphatic hydroxyl groups is 1. The summed E-state index contributed by atoms with van der Waals surface area (Å²) in [5, 5.41) is 12.6. The van der Waals surface area contributed by atoms with Crippen LogP contribution >= 0.6 is 0 Å². The summed E-state index contributed by atoms with van der Waals surface area (Å²) in [7, 11) is 1.68. The van der Waals surface area contributed by atoms with Gasteiger partial charge in [0.25, 0.3) is 0 Å². The van der Waals surface area contributed by atoms with Crippen LogP contribution in [-0.2, 0) is 6.54 Å². The van der Waals surface area contributed by atoms with Crippen LogP contribution in [0.2, 0.25) is 0 Å². The molecular weight excluding hydrogens is 214 g/mol. The largest absolute Gasteiger partial charge is 0.496 e. The minimum absolute atomic E-state index is 0.125. The van der Waals surface area contributed by atoms with Crippen molar-refractivity contribution in [3.63, 3.8) is 0 Å². The van der Waals surface area contributed by atoms with E-state index in [0.717, 1.165) is 11.3 Å². The number of hydrogen-bond donors (Lipinski definition) is 2. The third-order valence-corrected chi connectivity index (χ3v) is 2.99. The van der Waals surface area contributed by atoms with E-state index < -0.39 is 0 Å². The van der Waals surface area contributed by atoms with Gasteiger partial charge in [-0.2, -0.15) is 0 Å². The predicted octanol–water partition coefficient (Wildman–Crippen LogP) is 2.11. The summed E-state index contributed by atoms with van der Waals surface area (Å²) in [6.07, 6.45) is 0. The standard InChI is InChI=1S/C14H23NO2/c1-10(2)13(9-16)15-8-12-7-11(3)5-6-14(12)17-4/h5-7,10,13,15-16H,8-9H2,1-4H3. The number of rotatable bonds is 6. The Labute approximate surface area is 104 Å². The minimum Gasteiger partial charge on any atom is -0.496 e. The van der Waals surface area contributed by atoms with Gasteiger partial charge in [-0.25, -0.2) is 0 Å². The van der Waals surface area contributed by atoms with Gasteiger partial charge >= 0.3 is 0 Å². The van der Waals surface area contributed by atoms with E-state index in [0.29, 0.717) is 12.5 Å². The molecule has 1 rings (SSSR count). The van der Waals surface area contributed by atoms with Crippen molar-refractivity contribution in [1.29, 1.82) is 0 Å². The first-order valence-electron chi connectivity index (χ1n) is 6.06. The molecule has 1 unspecified atom stereocenters. The van der Waals surface area contributed by atoms with E-state index in [9.17, 15) is 5.11 Å². The summed E-state index contributed by atoms with van der Waals surface area (Å²) >= 11 is 0. The van der Waals surface area contributed by atoms with Crippen molar-refractivity contribution < 1.29 is 9.84 Å². The van der Waals surface area contributed by atoms with Crippen LogP contribution in [0.4, 0.5) is 0 Å². The van der Waals surface area contributed by atoms with Gasteiger partial charge in [-0.3, -0.25) is 0 Å². The molecule has 0 aromatic heterocycles. The lowest BCUT2D eigenvalue weighted by Gasteiger charge is -2.20. The molecule has 96 valence electrons. The van der Waals surface area contributed by atoms with E-state index in [2.05, 4.69) is 32.2 Å². The van der Waals surface area contributed by atoms with Crippen LogP contribution in [0.25, 0.3) is 0 Å². The molecular formula is C14H23NO2. The fourth-order valence-corrected chi connectivity index (χ4v) is 1.80. The van der Waals surface area contributed by atoms with Crippen LogP contribution < -0.4 is 10.1 Å². The Morgan fingerprint density at radius 2 is 2.06 bits per heavy atom. The molecule has 1 aromatic carbocycles. The summed E-state index contributed by atoms with van der Waals surface area (Å²) in [6, 6.07) is 6.25. The number of aliphatic hydroxyl groups excluding tert-OH is 1. The molecule has 0 amide bonds. The lowest BCUT2D eigenvalue weighted by molar-refractivity contribution is 0.209. The highest BCUT2D eigenvalue weighted by atomic mass is 16.5. The van der Waals surface area contributed by atoms with Gasteiger partial charge in [-0.1, -0.05) is 31.5 Å². The second-order valence-electron chi connectivity index (χ2n) is 4.73. The summed E-state index contributed by atoms with van der Waals surface area (Å²) in [6.45, 7) is 7.14. The van der Waals surface area contributed by atoms with Crippen LogP contribution in [0.15, 0.2) is 18.2 Å². The Hall–Kier alpha value is -1.06. The van der Waals surface area contributed by atoms with Gasteiger partial charge in [-0.15, -0.1) is 0 Å². The van der Waals surface area contributed by atoms with Gasteiger partial charge in [0, 0.05) is 18.2 Å². The fourth-order valence-electron chi connectivity index (χ4n) is 1.80. The van der Waals surface area contributed by atoms with Crippen LogP contribution in [0, 0.1) is 12.8 Å². The van der Waals surface area contributed by atoms with Crippen LogP contribution in [0.5, 0.6) is 5.75 Å². The third kappa shape index (κ3) is 4.02. The topological polar surface area (TPSA) is 41.5 Å². The molecule has 3 nitrogen and oxygen atoms in total. The van der Waals surface area contributed by atoms with E-state index in [4.69, 9.17) is 4.74 Å². The SMILES string of the molecule is COc1ccc(C)cc1CNC(CO)C(C)C. The highest BCUT2D eigenvalue weighted by molar-refractivity contribution is 5.36. The first-order chi connectivity index (χ1) is 8.08. The summed E-state index contributed by atoms with van der Waals surface area (Å²) in [5.74, 6) is 1.30. The van der Waals surface area contributed by atoms with Crippen molar-refractivity contribution in [1.82, 2.24) is 5.32 Å². The van der Waals surface area contributed by atoms with Crippen molar-refractivity contribution in [3.8, 4) is 5.75 Å². The summed E-state index contributed by atoms with van der Waals surface area (Å²) in [5.41, 5.74) is 2.35. The Balaban J connectivity index is 2.70. The lowest BCUT2D eigenvalue weighted by Crippen LogP contribution is -2.36. The highest BCUT2D eigenvalue weighted by Crippen LogP contribution is 2.19.